The Balaban J connectivity index is 2.45. The number of Topliss-reactive ketones (excluding diaryl/α,β-unsaturated/α-hetero) is 1. The molecule has 13 heavy (non-hydrogen) atoms. The molecule has 0 aliphatic rings. The Kier molecular flexibility index (Phi) is 3.95. The summed E-state index contributed by atoms with van der Waals surface area (Å²) in [5, 5.41) is 7.36. The number of aromatic nitrogens is 3. The van der Waals surface area contributed by atoms with Crippen LogP contribution in [0.3, 0.4) is 0 Å². The van der Waals surface area contributed by atoms with Gasteiger partial charge in [-0.25, -0.2) is 4.68 Å². The quantitative estimate of drug-likeness (QED) is 0.527. The van der Waals surface area contributed by atoms with Gasteiger partial charge in [0.15, 0.2) is 5.78 Å². The number of carbonyl (C=O) groups is 1. The molecule has 1 heterocycles. The number of hydrogen-bond donors (Lipinski definition) is 0. The van der Waals surface area contributed by atoms with Gasteiger partial charge in [0.2, 0.25) is 0 Å². The minimum atomic E-state index is 0.103. The van der Waals surface area contributed by atoms with E-state index in [9.17, 15) is 4.79 Å². The fourth-order valence-corrected chi connectivity index (χ4v) is 1.69. The molecule has 0 saturated carbocycles. The lowest BCUT2D eigenvalue weighted by Crippen LogP contribution is -2.09. The second-order valence-corrected chi connectivity index (χ2v) is 3.82. The van der Waals surface area contributed by atoms with E-state index < -0.39 is 0 Å². The van der Waals surface area contributed by atoms with Crippen LogP contribution in [0.2, 0.25) is 0 Å². The first kappa shape index (κ1) is 10.2. The maximum Gasteiger partial charge on any atom is 0.192 e. The highest BCUT2D eigenvalue weighted by atomic mass is 32.2. The third kappa shape index (κ3) is 2.84. The van der Waals surface area contributed by atoms with Gasteiger partial charge < -0.3 is 0 Å². The van der Waals surface area contributed by atoms with Gasteiger partial charge in [0, 0.05) is 7.05 Å². The summed E-state index contributed by atoms with van der Waals surface area (Å²) in [6.07, 6.45) is 2.61. The van der Waals surface area contributed by atoms with Crippen molar-refractivity contribution in [1.29, 1.82) is 0 Å². The van der Waals surface area contributed by atoms with Crippen LogP contribution < -0.4 is 0 Å². The second-order valence-electron chi connectivity index (χ2n) is 2.72. The van der Waals surface area contributed by atoms with Crippen LogP contribution in [-0.4, -0.2) is 32.3 Å². The van der Waals surface area contributed by atoms with Crippen molar-refractivity contribution in [3.05, 3.63) is 11.9 Å². The van der Waals surface area contributed by atoms with E-state index in [1.165, 1.54) is 10.9 Å². The van der Waals surface area contributed by atoms with E-state index in [-0.39, 0.29) is 5.78 Å². The summed E-state index contributed by atoms with van der Waals surface area (Å²) in [6, 6.07) is 0. The number of carbonyl (C=O) groups excluding carboxylic acids is 1. The monoisotopic (exact) mass is 199 g/mol. The summed E-state index contributed by atoms with van der Waals surface area (Å²) in [6.45, 7) is 2.10. The lowest BCUT2D eigenvalue weighted by molar-refractivity contribution is 0.101. The maximum absolute atomic E-state index is 11.5. The topological polar surface area (TPSA) is 47.8 Å². The SMILES string of the molecule is CCCSCC(=O)c1cnnn1C. The minimum Gasteiger partial charge on any atom is -0.291 e. The lowest BCUT2D eigenvalue weighted by atomic mass is 10.3. The molecule has 0 amide bonds. The average Bonchev–Trinajstić information content (AvgIpc) is 2.52. The van der Waals surface area contributed by atoms with E-state index >= 15 is 0 Å². The van der Waals surface area contributed by atoms with Crippen molar-refractivity contribution in [2.24, 2.45) is 7.05 Å². The molecule has 0 atom stereocenters. The summed E-state index contributed by atoms with van der Waals surface area (Å²) in [5.41, 5.74) is 0.587. The number of aryl methyl sites for hydroxylation is 1. The van der Waals surface area contributed by atoms with Gasteiger partial charge in [0.25, 0.3) is 0 Å². The highest BCUT2D eigenvalue weighted by Gasteiger charge is 2.09. The van der Waals surface area contributed by atoms with Gasteiger partial charge in [-0.3, -0.25) is 4.79 Å². The zero-order chi connectivity index (χ0) is 9.68. The Morgan fingerprint density at radius 2 is 2.46 bits per heavy atom. The molecule has 0 fully saturated rings. The van der Waals surface area contributed by atoms with Gasteiger partial charge in [0.05, 0.1) is 11.9 Å². The van der Waals surface area contributed by atoms with Crippen LogP contribution in [-0.2, 0) is 7.05 Å². The van der Waals surface area contributed by atoms with E-state index in [1.54, 1.807) is 18.8 Å². The normalized spacial score (nSPS) is 10.3. The highest BCUT2D eigenvalue weighted by molar-refractivity contribution is 7.99. The molecule has 0 aromatic carbocycles. The van der Waals surface area contributed by atoms with Crippen molar-refractivity contribution in [2.45, 2.75) is 13.3 Å². The molecule has 72 valence electrons. The Morgan fingerprint density at radius 3 is 3.00 bits per heavy atom. The Hall–Kier alpha value is -0.840. The van der Waals surface area contributed by atoms with Crippen LogP contribution in [0.5, 0.6) is 0 Å². The molecular weight excluding hydrogens is 186 g/mol. The van der Waals surface area contributed by atoms with Crippen molar-refractivity contribution in [3.8, 4) is 0 Å². The Morgan fingerprint density at radius 1 is 1.69 bits per heavy atom. The zero-order valence-electron chi connectivity index (χ0n) is 7.86. The number of hydrogen-bond acceptors (Lipinski definition) is 4. The molecule has 0 aliphatic carbocycles. The first-order chi connectivity index (χ1) is 6.25. The summed E-state index contributed by atoms with van der Waals surface area (Å²) in [4.78, 5) is 11.5. The summed E-state index contributed by atoms with van der Waals surface area (Å²) >= 11 is 1.65. The van der Waals surface area contributed by atoms with Gasteiger partial charge in [-0.15, -0.1) is 5.10 Å². The predicted octanol–water partition coefficient (Wildman–Crippen LogP) is 1.14. The fraction of sp³-hybridized carbons (Fsp3) is 0.625. The summed E-state index contributed by atoms with van der Waals surface area (Å²) < 4.78 is 1.51. The van der Waals surface area contributed by atoms with E-state index in [4.69, 9.17) is 0 Å². The smallest absolute Gasteiger partial charge is 0.192 e. The molecule has 0 saturated heterocycles. The van der Waals surface area contributed by atoms with E-state index in [0.717, 1.165) is 12.2 Å². The molecule has 1 aromatic rings. The first-order valence-electron chi connectivity index (χ1n) is 4.21. The maximum atomic E-state index is 11.5. The zero-order valence-corrected chi connectivity index (χ0v) is 8.67. The van der Waals surface area contributed by atoms with Gasteiger partial charge in [-0.2, -0.15) is 11.8 Å². The fourth-order valence-electron chi connectivity index (χ4n) is 0.925. The number of thioether (sulfide) groups is 1. The number of nitrogens with zero attached hydrogens (tertiary/aromatic N) is 3. The minimum absolute atomic E-state index is 0.103. The molecule has 1 aromatic heterocycles. The van der Waals surface area contributed by atoms with Crippen LogP contribution in [0.25, 0.3) is 0 Å². The van der Waals surface area contributed by atoms with Crippen molar-refractivity contribution in [2.75, 3.05) is 11.5 Å². The molecule has 4 nitrogen and oxygen atoms in total. The van der Waals surface area contributed by atoms with Gasteiger partial charge in [-0.05, 0) is 12.2 Å². The van der Waals surface area contributed by atoms with Crippen molar-refractivity contribution < 1.29 is 4.79 Å². The van der Waals surface area contributed by atoms with Gasteiger partial charge >= 0.3 is 0 Å². The number of rotatable bonds is 5. The molecule has 0 radical (unpaired) electrons. The molecule has 0 unspecified atom stereocenters. The van der Waals surface area contributed by atoms with Crippen molar-refractivity contribution >= 4 is 17.5 Å². The molecule has 0 bridgehead atoms. The molecule has 0 spiro atoms. The van der Waals surface area contributed by atoms with Crippen molar-refractivity contribution in [3.63, 3.8) is 0 Å². The molecule has 0 N–H and O–H groups in total. The molecular formula is C8H13N3OS. The molecule has 5 heteroatoms. The predicted molar refractivity (Wildman–Crippen MR) is 52.9 cm³/mol. The van der Waals surface area contributed by atoms with E-state index in [1.807, 2.05) is 0 Å². The standard InChI is InChI=1S/C8H13N3OS/c1-3-4-13-6-8(12)7-5-9-10-11(7)2/h5H,3-4,6H2,1-2H3. The largest absolute Gasteiger partial charge is 0.291 e. The summed E-state index contributed by atoms with van der Waals surface area (Å²) in [7, 11) is 1.73. The van der Waals surface area contributed by atoms with Gasteiger partial charge in [0.1, 0.15) is 5.69 Å². The van der Waals surface area contributed by atoms with Crippen LogP contribution in [0.4, 0.5) is 0 Å². The first-order valence-corrected chi connectivity index (χ1v) is 5.36. The van der Waals surface area contributed by atoms with Crippen LogP contribution in [0.15, 0.2) is 6.20 Å². The molecule has 0 aliphatic heterocycles. The average molecular weight is 199 g/mol. The van der Waals surface area contributed by atoms with Gasteiger partial charge in [-0.1, -0.05) is 12.1 Å². The Labute approximate surface area is 81.7 Å². The third-order valence-electron chi connectivity index (χ3n) is 1.58. The highest BCUT2D eigenvalue weighted by Crippen LogP contribution is 2.06. The van der Waals surface area contributed by atoms with Crippen LogP contribution in [0, 0.1) is 0 Å². The Bertz CT molecular complexity index is 285. The third-order valence-corrected chi connectivity index (χ3v) is 2.75. The lowest BCUT2D eigenvalue weighted by Gasteiger charge is -1.98. The van der Waals surface area contributed by atoms with Crippen molar-refractivity contribution in [1.82, 2.24) is 15.0 Å². The summed E-state index contributed by atoms with van der Waals surface area (Å²) in [5.74, 6) is 1.65. The van der Waals surface area contributed by atoms with Crippen LogP contribution in [0.1, 0.15) is 23.8 Å². The number of ketones is 1. The molecule has 1 rings (SSSR count). The van der Waals surface area contributed by atoms with E-state index in [0.29, 0.717) is 11.4 Å². The second kappa shape index (κ2) is 5.01. The van der Waals surface area contributed by atoms with Crippen LogP contribution >= 0.6 is 11.8 Å². The van der Waals surface area contributed by atoms with E-state index in [2.05, 4.69) is 17.2 Å².